The SMILES string of the molecule is CCCCC1=CC(=C2C(=O)N(C(C)(C)C)N=C2c2ccccc2)C=C(CCCC)C1=O. The summed E-state index contributed by atoms with van der Waals surface area (Å²) >= 11 is 0. The van der Waals surface area contributed by atoms with E-state index < -0.39 is 5.54 Å². The maximum Gasteiger partial charge on any atom is 0.277 e. The maximum absolute atomic E-state index is 13.6. The summed E-state index contributed by atoms with van der Waals surface area (Å²) in [6, 6.07) is 9.84. The predicted octanol–water partition coefficient (Wildman–Crippen LogP) is 6.14. The summed E-state index contributed by atoms with van der Waals surface area (Å²) in [5, 5.41) is 6.34. The normalized spacial score (nSPS) is 17.2. The second-order valence-electron chi connectivity index (χ2n) is 9.31. The minimum atomic E-state index is -0.437. The Morgan fingerprint density at radius 3 is 1.90 bits per heavy atom. The van der Waals surface area contributed by atoms with Gasteiger partial charge in [-0.05, 0) is 64.2 Å². The van der Waals surface area contributed by atoms with Crippen LogP contribution in [0.5, 0.6) is 0 Å². The molecule has 164 valence electrons. The smallest absolute Gasteiger partial charge is 0.277 e. The average molecular weight is 419 g/mol. The molecular weight excluding hydrogens is 384 g/mol. The van der Waals surface area contributed by atoms with Gasteiger partial charge in [-0.3, -0.25) is 9.59 Å². The van der Waals surface area contributed by atoms with E-state index in [1.807, 2.05) is 63.3 Å². The molecule has 4 nitrogen and oxygen atoms in total. The highest BCUT2D eigenvalue weighted by molar-refractivity contribution is 6.32. The summed E-state index contributed by atoms with van der Waals surface area (Å²) in [4.78, 5) is 26.6. The molecule has 1 aliphatic heterocycles. The predicted molar refractivity (Wildman–Crippen MR) is 127 cm³/mol. The number of allylic oxidation sites excluding steroid dienone is 5. The first-order chi connectivity index (χ1) is 14.8. The Kier molecular flexibility index (Phi) is 7.09. The van der Waals surface area contributed by atoms with E-state index in [0.29, 0.717) is 11.3 Å². The molecule has 0 radical (unpaired) electrons. The lowest BCUT2D eigenvalue weighted by Crippen LogP contribution is -2.39. The first-order valence-corrected chi connectivity index (χ1v) is 11.5. The van der Waals surface area contributed by atoms with Gasteiger partial charge >= 0.3 is 0 Å². The second-order valence-corrected chi connectivity index (χ2v) is 9.31. The Morgan fingerprint density at radius 1 is 0.871 bits per heavy atom. The van der Waals surface area contributed by atoms with Crippen LogP contribution in [0.3, 0.4) is 0 Å². The molecule has 2 aliphatic rings. The van der Waals surface area contributed by atoms with Gasteiger partial charge in [0.25, 0.3) is 5.91 Å². The molecule has 1 aromatic carbocycles. The van der Waals surface area contributed by atoms with Gasteiger partial charge in [0.15, 0.2) is 5.78 Å². The van der Waals surface area contributed by atoms with E-state index in [-0.39, 0.29) is 11.7 Å². The number of Topliss-reactive ketones (excluding diaryl/α,β-unsaturated/α-hetero) is 1. The molecule has 0 unspecified atom stereocenters. The second kappa shape index (κ2) is 9.59. The van der Waals surface area contributed by atoms with Crippen LogP contribution in [0, 0.1) is 0 Å². The van der Waals surface area contributed by atoms with E-state index in [4.69, 9.17) is 5.10 Å². The lowest BCUT2D eigenvalue weighted by Gasteiger charge is -2.27. The third-order valence-corrected chi connectivity index (χ3v) is 5.66. The van der Waals surface area contributed by atoms with Crippen molar-refractivity contribution in [3.05, 3.63) is 70.3 Å². The number of carbonyl (C=O) groups is 2. The third-order valence-electron chi connectivity index (χ3n) is 5.66. The largest absolute Gasteiger partial charge is 0.289 e. The lowest BCUT2D eigenvalue weighted by molar-refractivity contribution is -0.130. The van der Waals surface area contributed by atoms with E-state index in [1.54, 1.807) is 5.01 Å². The standard InChI is InChI=1S/C27H34N2O2/c1-6-8-13-20-17-22(18-21(25(20)30)14-9-7-2)23-24(19-15-11-10-12-16-19)28-29(26(23)31)27(3,4)5/h10-12,15-18H,6-9,13-14H2,1-5H3. The number of hydrazone groups is 1. The van der Waals surface area contributed by atoms with Gasteiger partial charge in [-0.2, -0.15) is 5.10 Å². The summed E-state index contributed by atoms with van der Waals surface area (Å²) in [5.41, 5.74) is 4.19. The highest BCUT2D eigenvalue weighted by Crippen LogP contribution is 2.34. The minimum Gasteiger partial charge on any atom is -0.289 e. The lowest BCUT2D eigenvalue weighted by atomic mass is 9.85. The molecular formula is C27H34N2O2. The monoisotopic (exact) mass is 418 g/mol. The number of benzene rings is 1. The number of rotatable bonds is 7. The molecule has 0 bridgehead atoms. The Balaban J connectivity index is 2.19. The first-order valence-electron chi connectivity index (χ1n) is 11.5. The highest BCUT2D eigenvalue weighted by atomic mass is 16.2. The quantitative estimate of drug-likeness (QED) is 0.499. The highest BCUT2D eigenvalue weighted by Gasteiger charge is 2.39. The number of unbranched alkanes of at least 4 members (excludes halogenated alkanes) is 2. The molecule has 0 saturated heterocycles. The van der Waals surface area contributed by atoms with Gasteiger partial charge < -0.3 is 0 Å². The molecule has 0 spiro atoms. The molecule has 0 fully saturated rings. The molecule has 1 amide bonds. The average Bonchev–Trinajstić information content (AvgIpc) is 3.10. The third kappa shape index (κ3) is 4.95. The van der Waals surface area contributed by atoms with Gasteiger partial charge in [0.1, 0.15) is 5.71 Å². The fourth-order valence-corrected chi connectivity index (χ4v) is 3.92. The summed E-state index contributed by atoms with van der Waals surface area (Å²) in [7, 11) is 0. The summed E-state index contributed by atoms with van der Waals surface area (Å²) in [5.74, 6) is 0.0375. The van der Waals surface area contributed by atoms with Crippen molar-refractivity contribution >= 4 is 17.4 Å². The first kappa shape index (κ1) is 22.9. The van der Waals surface area contributed by atoms with Crippen LogP contribution < -0.4 is 0 Å². The van der Waals surface area contributed by atoms with E-state index in [2.05, 4.69) is 13.8 Å². The van der Waals surface area contributed by atoms with Crippen LogP contribution in [0.1, 0.15) is 78.7 Å². The van der Waals surface area contributed by atoms with Crippen molar-refractivity contribution in [1.82, 2.24) is 5.01 Å². The van der Waals surface area contributed by atoms with E-state index in [1.165, 1.54) is 0 Å². The van der Waals surface area contributed by atoms with Crippen molar-refractivity contribution in [2.75, 3.05) is 0 Å². The van der Waals surface area contributed by atoms with Crippen LogP contribution in [0.15, 0.2) is 69.9 Å². The molecule has 1 aromatic rings. The molecule has 0 N–H and O–H groups in total. The zero-order valence-corrected chi connectivity index (χ0v) is 19.5. The number of nitrogens with zero attached hydrogens (tertiary/aromatic N) is 2. The van der Waals surface area contributed by atoms with Crippen molar-refractivity contribution in [3.8, 4) is 0 Å². The minimum absolute atomic E-state index is 0.104. The van der Waals surface area contributed by atoms with Crippen molar-refractivity contribution < 1.29 is 9.59 Å². The van der Waals surface area contributed by atoms with Crippen molar-refractivity contribution in [1.29, 1.82) is 0 Å². The molecule has 1 heterocycles. The Bertz CT molecular complexity index is 942. The van der Waals surface area contributed by atoms with Crippen LogP contribution in [0.2, 0.25) is 0 Å². The molecule has 31 heavy (non-hydrogen) atoms. The summed E-state index contributed by atoms with van der Waals surface area (Å²) in [6.45, 7) is 10.2. The van der Waals surface area contributed by atoms with E-state index in [9.17, 15) is 9.59 Å². The molecule has 4 heteroatoms. The zero-order chi connectivity index (χ0) is 22.6. The van der Waals surface area contributed by atoms with Crippen LogP contribution in [0.4, 0.5) is 0 Å². The molecule has 3 rings (SSSR count). The maximum atomic E-state index is 13.6. The number of carbonyl (C=O) groups excluding carboxylic acids is 2. The Labute approximate surface area is 186 Å². The Hall–Kier alpha value is -2.75. The van der Waals surface area contributed by atoms with Crippen molar-refractivity contribution in [2.45, 2.75) is 78.7 Å². The van der Waals surface area contributed by atoms with Crippen LogP contribution >= 0.6 is 0 Å². The Morgan fingerprint density at radius 2 is 1.42 bits per heavy atom. The number of amides is 1. The van der Waals surface area contributed by atoms with Crippen molar-refractivity contribution in [3.63, 3.8) is 0 Å². The van der Waals surface area contributed by atoms with Crippen LogP contribution in [-0.2, 0) is 9.59 Å². The van der Waals surface area contributed by atoms with Gasteiger partial charge in [-0.1, -0.05) is 57.0 Å². The van der Waals surface area contributed by atoms with Crippen LogP contribution in [-0.4, -0.2) is 27.9 Å². The van der Waals surface area contributed by atoms with Crippen molar-refractivity contribution in [2.24, 2.45) is 5.10 Å². The fourth-order valence-electron chi connectivity index (χ4n) is 3.92. The molecule has 1 aliphatic carbocycles. The van der Waals surface area contributed by atoms with Gasteiger partial charge in [-0.15, -0.1) is 0 Å². The van der Waals surface area contributed by atoms with Gasteiger partial charge in [-0.25, -0.2) is 5.01 Å². The molecule has 0 atom stereocenters. The van der Waals surface area contributed by atoms with Crippen LogP contribution in [0.25, 0.3) is 0 Å². The zero-order valence-electron chi connectivity index (χ0n) is 19.5. The van der Waals surface area contributed by atoms with E-state index in [0.717, 1.165) is 60.8 Å². The summed E-state index contributed by atoms with van der Waals surface area (Å²) < 4.78 is 0. The van der Waals surface area contributed by atoms with Gasteiger partial charge in [0.2, 0.25) is 0 Å². The summed E-state index contributed by atoms with van der Waals surface area (Å²) in [6.07, 6.45) is 9.33. The number of hydrogen-bond acceptors (Lipinski definition) is 3. The number of hydrogen-bond donors (Lipinski definition) is 0. The number of ketones is 1. The van der Waals surface area contributed by atoms with Gasteiger partial charge in [0, 0.05) is 16.7 Å². The molecule has 0 aromatic heterocycles. The van der Waals surface area contributed by atoms with Gasteiger partial charge in [0.05, 0.1) is 11.1 Å². The molecule has 0 saturated carbocycles. The fraction of sp³-hybridized carbons (Fsp3) is 0.444. The topological polar surface area (TPSA) is 49.7 Å². The van der Waals surface area contributed by atoms with E-state index >= 15 is 0 Å².